The summed E-state index contributed by atoms with van der Waals surface area (Å²) in [5, 5.41) is 7.49. The molecule has 10 nitrogen and oxygen atoms in total. The Hall–Kier alpha value is -3.56. The third kappa shape index (κ3) is 5.11. The molecule has 4 heterocycles. The summed E-state index contributed by atoms with van der Waals surface area (Å²) in [4.78, 5) is 31.4. The Kier molecular flexibility index (Phi) is 6.48. The van der Waals surface area contributed by atoms with Crippen LogP contribution in [0.1, 0.15) is 59.1 Å². The zero-order valence-electron chi connectivity index (χ0n) is 21.3. The van der Waals surface area contributed by atoms with Crippen LogP contribution in [0.2, 0.25) is 0 Å². The average Bonchev–Trinajstić information content (AvgIpc) is 3.15. The van der Waals surface area contributed by atoms with Gasteiger partial charge >= 0.3 is 6.09 Å². The number of ether oxygens (including phenoxy) is 1. The maximum Gasteiger partial charge on any atom is 0.407 e. The van der Waals surface area contributed by atoms with Crippen molar-refractivity contribution in [1.29, 1.82) is 0 Å². The normalized spacial score (nSPS) is 16.7. The second-order valence-corrected chi connectivity index (χ2v) is 10.5. The van der Waals surface area contributed by atoms with Crippen LogP contribution in [0.25, 0.3) is 16.8 Å². The summed E-state index contributed by atoms with van der Waals surface area (Å²) >= 11 is 0. The fourth-order valence-corrected chi connectivity index (χ4v) is 4.55. The summed E-state index contributed by atoms with van der Waals surface area (Å²) in [7, 11) is 0. The number of alkyl carbamates (subject to hydrolysis) is 1. The Morgan fingerprint density at radius 3 is 2.71 bits per heavy atom. The van der Waals surface area contributed by atoms with Crippen molar-refractivity contribution in [3.8, 4) is 11.3 Å². The molecule has 1 saturated heterocycles. The maximum atomic E-state index is 12.6. The quantitative estimate of drug-likeness (QED) is 0.585. The van der Waals surface area contributed by atoms with Crippen LogP contribution in [-0.2, 0) is 4.74 Å². The fraction of sp³-hybridized carbons (Fsp3) is 0.520. The number of amides is 1. The number of rotatable bonds is 4. The number of fused-ring (bicyclic) bond motifs is 1. The summed E-state index contributed by atoms with van der Waals surface area (Å²) in [5.41, 5.74) is 9.73. The van der Waals surface area contributed by atoms with Crippen molar-refractivity contribution in [2.75, 3.05) is 23.7 Å². The number of piperidine rings is 1. The number of aryl methyl sites for hydroxylation is 1. The van der Waals surface area contributed by atoms with E-state index in [1.165, 1.54) is 6.33 Å². The first kappa shape index (κ1) is 24.6. The molecular weight excluding hydrogens is 446 g/mol. The second-order valence-electron chi connectivity index (χ2n) is 10.5. The van der Waals surface area contributed by atoms with Gasteiger partial charge in [0.05, 0.1) is 11.4 Å². The molecule has 0 aliphatic carbocycles. The SMILES string of the molecule is Cc1cc(-c2cc(N3CCC[C@@H](NC(=O)OC(C)(C)C)C3)c3c(N)ncnn23)cn(C(C)C)c1=O. The number of nitrogens with two attached hydrogens (primary N) is 1. The number of nitrogens with one attached hydrogen (secondary N) is 1. The van der Waals surface area contributed by atoms with E-state index < -0.39 is 11.7 Å². The van der Waals surface area contributed by atoms with Gasteiger partial charge in [-0.25, -0.2) is 14.3 Å². The van der Waals surface area contributed by atoms with Gasteiger partial charge < -0.3 is 25.3 Å². The Labute approximate surface area is 205 Å². The van der Waals surface area contributed by atoms with Gasteiger partial charge in [0.25, 0.3) is 5.56 Å². The first-order valence-electron chi connectivity index (χ1n) is 12.0. The molecule has 0 saturated carbocycles. The van der Waals surface area contributed by atoms with E-state index in [1.807, 2.05) is 59.9 Å². The first-order chi connectivity index (χ1) is 16.4. The van der Waals surface area contributed by atoms with Crippen LogP contribution < -0.4 is 21.5 Å². The minimum atomic E-state index is -0.553. The number of nitrogens with zero attached hydrogens (tertiary/aromatic N) is 5. The molecule has 1 aliphatic rings. The van der Waals surface area contributed by atoms with Crippen molar-refractivity contribution in [3.63, 3.8) is 0 Å². The summed E-state index contributed by atoms with van der Waals surface area (Å²) < 4.78 is 8.96. The monoisotopic (exact) mass is 481 g/mol. The fourth-order valence-electron chi connectivity index (χ4n) is 4.55. The highest BCUT2D eigenvalue weighted by molar-refractivity contribution is 5.88. The van der Waals surface area contributed by atoms with Gasteiger partial charge in [-0.2, -0.15) is 5.10 Å². The molecule has 3 aromatic rings. The van der Waals surface area contributed by atoms with Gasteiger partial charge in [0.15, 0.2) is 5.82 Å². The van der Waals surface area contributed by atoms with Gasteiger partial charge in [0.2, 0.25) is 0 Å². The first-order valence-corrected chi connectivity index (χ1v) is 12.0. The van der Waals surface area contributed by atoms with E-state index in [1.54, 1.807) is 9.08 Å². The molecule has 0 aromatic carbocycles. The summed E-state index contributed by atoms with van der Waals surface area (Å²) in [6, 6.07) is 3.88. The zero-order valence-corrected chi connectivity index (χ0v) is 21.3. The van der Waals surface area contributed by atoms with Gasteiger partial charge in [-0.3, -0.25) is 4.79 Å². The lowest BCUT2D eigenvalue weighted by Crippen LogP contribution is -2.49. The third-order valence-corrected chi connectivity index (χ3v) is 6.12. The molecule has 1 atom stereocenters. The molecule has 1 fully saturated rings. The Morgan fingerprint density at radius 2 is 2.03 bits per heavy atom. The van der Waals surface area contributed by atoms with Crippen molar-refractivity contribution in [3.05, 3.63) is 40.6 Å². The lowest BCUT2D eigenvalue weighted by molar-refractivity contribution is 0.0500. The Balaban J connectivity index is 1.72. The van der Waals surface area contributed by atoms with Crippen LogP contribution in [0.4, 0.5) is 16.3 Å². The van der Waals surface area contributed by atoms with Crippen molar-refractivity contribution in [2.45, 2.75) is 72.1 Å². The molecule has 0 spiro atoms. The minimum absolute atomic E-state index is 0.00827. The van der Waals surface area contributed by atoms with Crippen molar-refractivity contribution >= 4 is 23.1 Å². The number of carbonyl (C=O) groups is 1. The highest BCUT2D eigenvalue weighted by Crippen LogP contribution is 2.35. The van der Waals surface area contributed by atoms with Crippen LogP contribution in [0.3, 0.4) is 0 Å². The molecule has 0 bridgehead atoms. The molecule has 188 valence electrons. The minimum Gasteiger partial charge on any atom is -0.444 e. The van der Waals surface area contributed by atoms with Gasteiger partial charge in [0, 0.05) is 42.5 Å². The van der Waals surface area contributed by atoms with Crippen molar-refractivity contribution in [1.82, 2.24) is 24.5 Å². The van der Waals surface area contributed by atoms with Crippen LogP contribution in [0, 0.1) is 6.92 Å². The third-order valence-electron chi connectivity index (χ3n) is 6.12. The molecule has 1 amide bonds. The molecule has 3 aromatic heterocycles. The van der Waals surface area contributed by atoms with Crippen molar-refractivity contribution < 1.29 is 9.53 Å². The van der Waals surface area contributed by atoms with E-state index in [-0.39, 0.29) is 17.6 Å². The number of hydrogen-bond acceptors (Lipinski definition) is 7. The average molecular weight is 482 g/mol. The molecule has 1 aliphatic heterocycles. The number of nitrogen functional groups attached to an aromatic ring is 1. The lowest BCUT2D eigenvalue weighted by atomic mass is 10.0. The Bertz CT molecular complexity index is 1300. The predicted molar refractivity (Wildman–Crippen MR) is 137 cm³/mol. The molecule has 3 N–H and O–H groups in total. The number of anilines is 2. The molecular formula is C25H35N7O3. The highest BCUT2D eigenvalue weighted by Gasteiger charge is 2.27. The highest BCUT2D eigenvalue weighted by atomic mass is 16.6. The molecule has 0 radical (unpaired) electrons. The summed E-state index contributed by atoms with van der Waals surface area (Å²) in [5.74, 6) is 0.373. The van der Waals surface area contributed by atoms with Crippen molar-refractivity contribution in [2.24, 2.45) is 0 Å². The maximum absolute atomic E-state index is 12.6. The van der Waals surface area contributed by atoms with E-state index in [0.717, 1.165) is 36.3 Å². The van der Waals surface area contributed by atoms with E-state index >= 15 is 0 Å². The van der Waals surface area contributed by atoms with E-state index in [9.17, 15) is 9.59 Å². The largest absolute Gasteiger partial charge is 0.444 e. The van der Waals surface area contributed by atoms with Crippen LogP contribution in [0.15, 0.2) is 29.5 Å². The molecule has 35 heavy (non-hydrogen) atoms. The smallest absolute Gasteiger partial charge is 0.407 e. The molecule has 4 rings (SSSR count). The van der Waals surface area contributed by atoms with Gasteiger partial charge in [-0.1, -0.05) is 0 Å². The predicted octanol–water partition coefficient (Wildman–Crippen LogP) is 3.52. The molecule has 0 unspecified atom stereocenters. The standard InChI is InChI=1S/C25H35N7O3/c1-15(2)31-12-17(10-16(3)23(31)33)19-11-20(21-22(26)27-14-28-32(19)21)30-9-7-8-18(13-30)29-24(34)35-25(4,5)6/h10-12,14-15,18H,7-9,13H2,1-6H3,(H,29,34)(H2,26,27,28)/t18-/m1/s1. The van der Waals surface area contributed by atoms with Gasteiger partial charge in [-0.15, -0.1) is 0 Å². The Morgan fingerprint density at radius 1 is 1.29 bits per heavy atom. The van der Waals surface area contributed by atoms with Gasteiger partial charge in [-0.05, 0) is 66.5 Å². The lowest BCUT2D eigenvalue weighted by Gasteiger charge is -2.34. The van der Waals surface area contributed by atoms with Gasteiger partial charge in [0.1, 0.15) is 17.4 Å². The number of carbonyl (C=O) groups excluding carboxylic acids is 1. The molecule has 10 heteroatoms. The van der Waals surface area contributed by atoms with Crippen LogP contribution in [0.5, 0.6) is 0 Å². The number of aromatic nitrogens is 4. The van der Waals surface area contributed by atoms with E-state index in [2.05, 4.69) is 20.3 Å². The van der Waals surface area contributed by atoms with Crippen LogP contribution in [-0.4, -0.2) is 50.0 Å². The zero-order chi connectivity index (χ0) is 25.5. The summed E-state index contributed by atoms with van der Waals surface area (Å²) in [6.07, 6.45) is 4.65. The summed E-state index contributed by atoms with van der Waals surface area (Å²) in [6.45, 7) is 12.8. The number of pyridine rings is 1. The topological polar surface area (TPSA) is 120 Å². The van der Waals surface area contributed by atoms with Crippen LogP contribution >= 0.6 is 0 Å². The second kappa shape index (κ2) is 9.24. The number of hydrogen-bond donors (Lipinski definition) is 2. The van der Waals surface area contributed by atoms with E-state index in [4.69, 9.17) is 10.5 Å². The van der Waals surface area contributed by atoms with E-state index in [0.29, 0.717) is 23.4 Å².